The first-order valence-corrected chi connectivity index (χ1v) is 29.6. The van der Waals surface area contributed by atoms with Crippen LogP contribution in [0.5, 0.6) is 0 Å². The summed E-state index contributed by atoms with van der Waals surface area (Å²) in [4.78, 5) is 51.8. The van der Waals surface area contributed by atoms with Crippen LogP contribution < -0.4 is 10.6 Å². The molecule has 2 amide bonds. The number of aromatic nitrogens is 8. The van der Waals surface area contributed by atoms with Gasteiger partial charge in [-0.3, -0.25) is 18.7 Å². The maximum absolute atomic E-state index is 12.7. The molecule has 4 saturated heterocycles. The van der Waals surface area contributed by atoms with Crippen LogP contribution >= 0.6 is 0 Å². The first-order chi connectivity index (χ1) is 33.1. The number of nitrogens with one attached hydrogen (secondary N) is 2. The van der Waals surface area contributed by atoms with Crippen molar-refractivity contribution in [1.29, 1.82) is 0 Å². The zero-order chi connectivity index (χ0) is 50.0. The summed E-state index contributed by atoms with van der Waals surface area (Å²) >= 11 is 0. The zero-order valence-electron chi connectivity index (χ0n) is 41.7. The van der Waals surface area contributed by atoms with Gasteiger partial charge < -0.3 is 43.5 Å². The fourth-order valence-electron chi connectivity index (χ4n) is 8.82. The lowest BCUT2D eigenvalue weighted by atomic mass is 9.96. The third-order valence-corrected chi connectivity index (χ3v) is 24.0. The maximum atomic E-state index is 12.7. The van der Waals surface area contributed by atoms with E-state index in [1.54, 1.807) is 53.6 Å². The lowest BCUT2D eigenvalue weighted by Gasteiger charge is -2.40. The molecule has 0 spiro atoms. The van der Waals surface area contributed by atoms with Crippen LogP contribution in [-0.4, -0.2) is 128 Å². The minimum absolute atomic E-state index is 0.0119. The highest BCUT2D eigenvalue weighted by atomic mass is 28.4. The molecule has 70 heavy (non-hydrogen) atoms. The molecule has 8 heterocycles. The van der Waals surface area contributed by atoms with Crippen molar-refractivity contribution >= 4 is 62.4 Å². The number of ether oxygens (including phenoxy) is 4. The third kappa shape index (κ3) is 8.78. The van der Waals surface area contributed by atoms with E-state index < -0.39 is 52.5 Å². The summed E-state index contributed by atoms with van der Waals surface area (Å²) in [7, 11) is -4.24. The van der Waals surface area contributed by atoms with Gasteiger partial charge in [0, 0.05) is 11.1 Å². The van der Waals surface area contributed by atoms with Gasteiger partial charge in [-0.2, -0.15) is 0 Å². The molecule has 4 aliphatic rings. The fraction of sp³-hybridized carbons (Fsp3) is 0.510. The summed E-state index contributed by atoms with van der Waals surface area (Å²) in [6, 6.07) is 17.9. The number of carbonyl (C=O) groups is 2. The number of aliphatic hydroxyl groups is 1. The molecule has 3 N–H and O–H groups in total. The third-order valence-electron chi connectivity index (χ3n) is 15.1. The molecule has 4 aliphatic heterocycles. The quantitative estimate of drug-likeness (QED) is 0.100. The van der Waals surface area contributed by atoms with Crippen molar-refractivity contribution in [1.82, 2.24) is 39.0 Å². The molecule has 19 nitrogen and oxygen atoms in total. The van der Waals surface area contributed by atoms with Crippen molar-refractivity contribution in [3.05, 3.63) is 97.1 Å². The summed E-state index contributed by atoms with van der Waals surface area (Å²) in [5.74, 6) is 0.109. The summed E-state index contributed by atoms with van der Waals surface area (Å²) < 4.78 is 42.7. The Hall–Kier alpha value is -5.37. The van der Waals surface area contributed by atoms with Gasteiger partial charge >= 0.3 is 0 Å². The Bertz CT molecular complexity index is 2680. The summed E-state index contributed by atoms with van der Waals surface area (Å²) in [5, 5.41) is 16.1. The van der Waals surface area contributed by atoms with E-state index in [0.717, 1.165) is 6.42 Å². The molecule has 4 bridgehead atoms. The number of rotatable bonds is 12. The average Bonchev–Trinajstić information content (AvgIpc) is 4.20. The molecule has 4 fully saturated rings. The van der Waals surface area contributed by atoms with Crippen molar-refractivity contribution < 1.29 is 42.5 Å². The van der Waals surface area contributed by atoms with Crippen molar-refractivity contribution in [3.63, 3.8) is 0 Å². The average molecular weight is 993 g/mol. The fourth-order valence-corrected chi connectivity index (χ4v) is 11.5. The van der Waals surface area contributed by atoms with Gasteiger partial charge in [0.1, 0.15) is 48.3 Å². The number of hydrogen-bond acceptors (Lipinski definition) is 15. The monoisotopic (exact) mass is 992 g/mol. The van der Waals surface area contributed by atoms with Crippen LogP contribution in [0, 0.1) is 0 Å². The van der Waals surface area contributed by atoms with Crippen LogP contribution in [-0.2, 0) is 27.8 Å². The van der Waals surface area contributed by atoms with Crippen LogP contribution in [0.4, 0.5) is 11.6 Å². The van der Waals surface area contributed by atoms with Crippen molar-refractivity contribution in [2.45, 2.75) is 139 Å². The van der Waals surface area contributed by atoms with Crippen LogP contribution in [0.3, 0.4) is 0 Å². The minimum atomic E-state index is -2.17. The largest absolute Gasteiger partial charge is 0.408 e. The van der Waals surface area contributed by atoms with E-state index in [1.807, 2.05) is 28.8 Å². The highest BCUT2D eigenvalue weighted by Gasteiger charge is 2.65. The number of fused-ring (bicyclic) bond motifs is 6. The van der Waals surface area contributed by atoms with Gasteiger partial charge in [0.05, 0.1) is 32.5 Å². The van der Waals surface area contributed by atoms with Crippen LogP contribution in [0.1, 0.15) is 88.1 Å². The molecule has 8 atom stereocenters. The Morgan fingerprint density at radius 3 is 1.46 bits per heavy atom. The molecule has 6 aromatic rings. The normalized spacial score (nSPS) is 26.4. The van der Waals surface area contributed by atoms with Crippen LogP contribution in [0.15, 0.2) is 86.0 Å². The van der Waals surface area contributed by atoms with Gasteiger partial charge in [-0.1, -0.05) is 84.9 Å². The van der Waals surface area contributed by atoms with Crippen molar-refractivity contribution in [3.8, 4) is 0 Å². The first kappa shape index (κ1) is 49.6. The Labute approximate surface area is 409 Å². The number of carbonyl (C=O) groups excluding carboxylic acids is 2. The Morgan fingerprint density at radius 2 is 1.06 bits per heavy atom. The second-order valence-corrected chi connectivity index (χ2v) is 31.1. The molecular formula is C49H64N10O9Si2. The number of benzene rings is 2. The Morgan fingerprint density at radius 1 is 0.657 bits per heavy atom. The molecule has 21 heteroatoms. The molecule has 10 rings (SSSR count). The predicted molar refractivity (Wildman–Crippen MR) is 266 cm³/mol. The number of hydrogen-bond donors (Lipinski definition) is 3. The van der Waals surface area contributed by atoms with Crippen LogP contribution in [0.25, 0.3) is 22.3 Å². The van der Waals surface area contributed by atoms with Gasteiger partial charge in [-0.05, 0) is 67.0 Å². The number of nitrogens with zero attached hydrogens (tertiary/aromatic N) is 8. The topological polar surface area (TPSA) is 221 Å². The number of aliphatic hydroxyl groups excluding tert-OH is 1. The smallest absolute Gasteiger partial charge is 0.256 e. The second kappa shape index (κ2) is 18.4. The van der Waals surface area contributed by atoms with E-state index in [2.05, 4.69) is 115 Å². The minimum Gasteiger partial charge on any atom is -0.408 e. The molecule has 4 aromatic heterocycles. The molecule has 0 saturated carbocycles. The first-order valence-electron chi connectivity index (χ1n) is 23.8. The highest BCUT2D eigenvalue weighted by Crippen LogP contribution is 2.53. The number of amides is 2. The van der Waals surface area contributed by atoms with Gasteiger partial charge in [-0.25, -0.2) is 29.9 Å². The lowest BCUT2D eigenvalue weighted by molar-refractivity contribution is -0.185. The summed E-state index contributed by atoms with van der Waals surface area (Å²) in [5.41, 5.74) is 1.57. The molecular weight excluding hydrogens is 929 g/mol. The van der Waals surface area contributed by atoms with Crippen molar-refractivity contribution in [2.75, 3.05) is 30.5 Å². The second-order valence-electron chi connectivity index (χ2n) is 21.5. The standard InChI is InChI=1S/C25H33N5O4Si.C24H31N5O5Si/c1-7-25-13-32-18(19(25)34-35(5,6)24(2,3)4)23(33-25)30-15-28-17-20(26-14-27-21(17)30)29-22(31)16-11-9-8-10-12-16;1-23(2,3)35(4,5)34-18-17-22(33-24(18,11-30)12-32-17)29-14-27-16-19(25-13-26-20(16)29)28-21(31)15-9-7-6-8-10-15/h8-12,14-15,18-19,23H,7,13H2,1-6H3,(H,26,27,29,31);6-10,13-14,17-18,22,30H,11-12H2,1-5H3,(H,25,26,28,31)/t18?,19-,23-,25+;17?,18-,22-,24+/m11/s1. The predicted octanol–water partition coefficient (Wildman–Crippen LogP) is 7.67. The maximum Gasteiger partial charge on any atom is 0.256 e. The van der Waals surface area contributed by atoms with E-state index in [9.17, 15) is 14.7 Å². The van der Waals surface area contributed by atoms with E-state index in [-0.39, 0.29) is 47.3 Å². The number of imidazole rings is 2. The summed E-state index contributed by atoms with van der Waals surface area (Å²) in [6.07, 6.45) is 4.52. The van der Waals surface area contributed by atoms with E-state index in [0.29, 0.717) is 51.7 Å². The van der Waals surface area contributed by atoms with Crippen molar-refractivity contribution in [2.24, 2.45) is 0 Å². The molecule has 2 unspecified atom stereocenters. The Kier molecular flexibility index (Phi) is 13.0. The molecule has 0 radical (unpaired) electrons. The Balaban J connectivity index is 0.000000174. The van der Waals surface area contributed by atoms with Gasteiger partial charge in [0.25, 0.3) is 11.8 Å². The van der Waals surface area contributed by atoms with Crippen LogP contribution in [0.2, 0.25) is 36.3 Å². The molecule has 0 aliphatic carbocycles. The van der Waals surface area contributed by atoms with Gasteiger partial charge in [-0.15, -0.1) is 0 Å². The van der Waals surface area contributed by atoms with Gasteiger partial charge in [0.15, 0.2) is 63.1 Å². The zero-order valence-corrected chi connectivity index (χ0v) is 43.7. The summed E-state index contributed by atoms with van der Waals surface area (Å²) in [6.45, 7) is 24.7. The molecule has 372 valence electrons. The number of anilines is 2. The van der Waals surface area contributed by atoms with E-state index in [4.69, 9.17) is 27.8 Å². The molecule has 2 aromatic carbocycles. The van der Waals surface area contributed by atoms with Gasteiger partial charge in [0.2, 0.25) is 0 Å². The highest BCUT2D eigenvalue weighted by molar-refractivity contribution is 6.74. The lowest BCUT2D eigenvalue weighted by Crippen LogP contribution is -2.52. The SMILES string of the molecule is CC(C)(C)[Si](C)(C)O[C@@H]1C2OC[C@]1(CO)O[C@H]2n1cnc2c(NC(=O)c3ccccc3)ncnc21.CC[C@@]12COC([C@H](n3cnc4c(NC(=O)c5ccccc5)ncnc43)O1)[C@H]2O[Si](C)(C)C(C)(C)C. The van der Waals surface area contributed by atoms with E-state index in [1.165, 1.54) is 12.7 Å². The van der Waals surface area contributed by atoms with E-state index >= 15 is 0 Å².